The molecule has 0 heterocycles. The standard InChI is InChI=1S/C18H21NO5S/c1-3-4-11-24-16-12-13(2)9-10-17(16)25(22,23)19-15-8-6-5-7-14(15)18(20)21/h5-10,12,19H,3-4,11H2,1-2H3,(H,20,21). The van der Waals surface area contributed by atoms with Gasteiger partial charge in [-0.3, -0.25) is 4.72 Å². The van der Waals surface area contributed by atoms with Crippen LogP contribution in [0.1, 0.15) is 35.7 Å². The smallest absolute Gasteiger partial charge is 0.337 e. The van der Waals surface area contributed by atoms with Gasteiger partial charge in [-0.15, -0.1) is 0 Å². The third-order valence-electron chi connectivity index (χ3n) is 3.55. The minimum Gasteiger partial charge on any atom is -0.492 e. The monoisotopic (exact) mass is 363 g/mol. The molecule has 25 heavy (non-hydrogen) atoms. The summed E-state index contributed by atoms with van der Waals surface area (Å²) in [6, 6.07) is 10.6. The van der Waals surface area contributed by atoms with Gasteiger partial charge < -0.3 is 9.84 Å². The molecule has 0 bridgehead atoms. The van der Waals surface area contributed by atoms with Gasteiger partial charge >= 0.3 is 5.97 Å². The van der Waals surface area contributed by atoms with Crippen molar-refractivity contribution in [2.24, 2.45) is 0 Å². The second kappa shape index (κ2) is 8.02. The molecule has 0 atom stereocenters. The normalized spacial score (nSPS) is 11.1. The molecule has 0 saturated carbocycles. The fourth-order valence-electron chi connectivity index (χ4n) is 2.23. The molecule has 0 amide bonds. The van der Waals surface area contributed by atoms with Crippen LogP contribution in [0.5, 0.6) is 5.75 Å². The van der Waals surface area contributed by atoms with Crippen LogP contribution in [-0.2, 0) is 10.0 Å². The number of ether oxygens (including phenoxy) is 1. The van der Waals surface area contributed by atoms with E-state index in [1.807, 2.05) is 13.8 Å². The third kappa shape index (κ3) is 4.73. The first-order chi connectivity index (χ1) is 11.8. The van der Waals surface area contributed by atoms with Crippen LogP contribution >= 0.6 is 0 Å². The van der Waals surface area contributed by atoms with Crippen molar-refractivity contribution in [2.75, 3.05) is 11.3 Å². The lowest BCUT2D eigenvalue weighted by Gasteiger charge is -2.15. The van der Waals surface area contributed by atoms with Crippen molar-refractivity contribution >= 4 is 21.7 Å². The van der Waals surface area contributed by atoms with Crippen molar-refractivity contribution in [3.8, 4) is 5.75 Å². The average molecular weight is 363 g/mol. The number of carbonyl (C=O) groups is 1. The zero-order valence-corrected chi connectivity index (χ0v) is 15.0. The largest absolute Gasteiger partial charge is 0.492 e. The molecule has 6 nitrogen and oxygen atoms in total. The van der Waals surface area contributed by atoms with Gasteiger partial charge in [-0.2, -0.15) is 0 Å². The minimum absolute atomic E-state index is 0.00934. The van der Waals surface area contributed by atoms with Gasteiger partial charge in [0.1, 0.15) is 10.6 Å². The van der Waals surface area contributed by atoms with E-state index in [0.717, 1.165) is 18.4 Å². The van der Waals surface area contributed by atoms with Gasteiger partial charge in [0.05, 0.1) is 17.9 Å². The lowest BCUT2D eigenvalue weighted by Crippen LogP contribution is -2.17. The Morgan fingerprint density at radius 3 is 2.60 bits per heavy atom. The molecular weight excluding hydrogens is 342 g/mol. The molecule has 2 N–H and O–H groups in total. The zero-order valence-electron chi connectivity index (χ0n) is 14.2. The summed E-state index contributed by atoms with van der Waals surface area (Å²) in [7, 11) is -3.99. The van der Waals surface area contributed by atoms with Crippen LogP contribution in [-0.4, -0.2) is 26.1 Å². The van der Waals surface area contributed by atoms with Gasteiger partial charge in [-0.25, -0.2) is 13.2 Å². The maximum Gasteiger partial charge on any atom is 0.337 e. The Kier molecular flexibility index (Phi) is 6.03. The van der Waals surface area contributed by atoms with Crippen molar-refractivity contribution in [3.05, 3.63) is 53.6 Å². The van der Waals surface area contributed by atoms with Crippen molar-refractivity contribution in [1.29, 1.82) is 0 Å². The lowest BCUT2D eigenvalue weighted by atomic mass is 10.2. The third-order valence-corrected chi connectivity index (χ3v) is 4.95. The van der Waals surface area contributed by atoms with E-state index < -0.39 is 16.0 Å². The molecule has 0 unspecified atom stereocenters. The number of para-hydroxylation sites is 1. The number of anilines is 1. The number of aromatic carboxylic acids is 1. The fourth-order valence-corrected chi connectivity index (χ4v) is 3.44. The van der Waals surface area contributed by atoms with Crippen molar-refractivity contribution in [1.82, 2.24) is 0 Å². The quantitative estimate of drug-likeness (QED) is 0.698. The predicted molar refractivity (Wildman–Crippen MR) is 95.8 cm³/mol. The van der Waals surface area contributed by atoms with Crippen molar-refractivity contribution < 1.29 is 23.1 Å². The van der Waals surface area contributed by atoms with E-state index in [4.69, 9.17) is 4.74 Å². The van der Waals surface area contributed by atoms with Crippen LogP contribution in [0, 0.1) is 6.92 Å². The zero-order chi connectivity index (χ0) is 18.4. The molecule has 7 heteroatoms. The Hall–Kier alpha value is -2.54. The first kappa shape index (κ1) is 18.8. The van der Waals surface area contributed by atoms with Crippen LogP contribution < -0.4 is 9.46 Å². The van der Waals surface area contributed by atoms with E-state index in [-0.39, 0.29) is 21.9 Å². The summed E-state index contributed by atoms with van der Waals surface area (Å²) in [6.07, 6.45) is 1.74. The van der Waals surface area contributed by atoms with Gasteiger partial charge in [0.25, 0.3) is 10.0 Å². The topological polar surface area (TPSA) is 92.7 Å². The number of carboxylic acids is 1. The highest BCUT2D eigenvalue weighted by Crippen LogP contribution is 2.28. The number of benzene rings is 2. The summed E-state index contributed by atoms with van der Waals surface area (Å²) in [5, 5.41) is 9.21. The van der Waals surface area contributed by atoms with Gasteiger partial charge in [0, 0.05) is 0 Å². The lowest BCUT2D eigenvalue weighted by molar-refractivity contribution is 0.0698. The Bertz CT molecular complexity index is 862. The Labute approximate surface area is 147 Å². The average Bonchev–Trinajstić information content (AvgIpc) is 2.55. The van der Waals surface area contributed by atoms with E-state index in [9.17, 15) is 18.3 Å². The first-order valence-corrected chi connectivity index (χ1v) is 9.42. The summed E-state index contributed by atoms with van der Waals surface area (Å²) < 4.78 is 33.5. The molecule has 0 radical (unpaired) electrons. The number of rotatable bonds is 8. The van der Waals surface area contributed by atoms with Crippen LogP contribution in [0.25, 0.3) is 0 Å². The highest BCUT2D eigenvalue weighted by atomic mass is 32.2. The van der Waals surface area contributed by atoms with E-state index >= 15 is 0 Å². The van der Waals surface area contributed by atoms with Crippen LogP contribution in [0.4, 0.5) is 5.69 Å². The van der Waals surface area contributed by atoms with Gasteiger partial charge in [-0.05, 0) is 43.2 Å². The number of unbranched alkanes of at least 4 members (excludes halogenated alkanes) is 1. The van der Waals surface area contributed by atoms with Gasteiger partial charge in [0.15, 0.2) is 0 Å². The highest BCUT2D eigenvalue weighted by molar-refractivity contribution is 7.92. The Morgan fingerprint density at radius 2 is 1.92 bits per heavy atom. The molecule has 0 spiro atoms. The second-order valence-electron chi connectivity index (χ2n) is 5.61. The molecular formula is C18H21NO5S. The summed E-state index contributed by atoms with van der Waals surface area (Å²) in [5.41, 5.74) is 0.762. The van der Waals surface area contributed by atoms with E-state index in [2.05, 4.69) is 4.72 Å². The first-order valence-electron chi connectivity index (χ1n) is 7.93. The van der Waals surface area contributed by atoms with Crippen molar-refractivity contribution in [3.63, 3.8) is 0 Å². The molecule has 0 aromatic heterocycles. The summed E-state index contributed by atoms with van der Waals surface area (Å²) >= 11 is 0. The maximum atomic E-state index is 12.8. The van der Waals surface area contributed by atoms with E-state index in [0.29, 0.717) is 6.61 Å². The number of hydrogen-bond donors (Lipinski definition) is 2. The SMILES string of the molecule is CCCCOc1cc(C)ccc1S(=O)(=O)Nc1ccccc1C(=O)O. The molecule has 2 rings (SSSR count). The molecule has 2 aromatic rings. The second-order valence-corrected chi connectivity index (χ2v) is 7.26. The fraction of sp³-hybridized carbons (Fsp3) is 0.278. The minimum atomic E-state index is -3.99. The van der Waals surface area contributed by atoms with E-state index in [1.165, 1.54) is 24.3 Å². The van der Waals surface area contributed by atoms with Crippen LogP contribution in [0.15, 0.2) is 47.4 Å². The summed E-state index contributed by atoms with van der Waals surface area (Å²) in [4.78, 5) is 11.3. The molecule has 0 saturated heterocycles. The van der Waals surface area contributed by atoms with Crippen LogP contribution in [0.2, 0.25) is 0 Å². The van der Waals surface area contributed by atoms with Crippen LogP contribution in [0.3, 0.4) is 0 Å². The molecule has 0 aliphatic rings. The molecule has 0 aliphatic carbocycles. The number of carboxylic acid groups (broad SMARTS) is 1. The number of aryl methyl sites for hydroxylation is 1. The summed E-state index contributed by atoms with van der Waals surface area (Å²) in [6.45, 7) is 4.27. The Morgan fingerprint density at radius 1 is 1.20 bits per heavy atom. The summed E-state index contributed by atoms with van der Waals surface area (Å²) in [5.74, 6) is -0.949. The number of hydrogen-bond acceptors (Lipinski definition) is 4. The molecule has 0 aliphatic heterocycles. The molecule has 2 aromatic carbocycles. The van der Waals surface area contributed by atoms with E-state index in [1.54, 1.807) is 18.2 Å². The molecule has 134 valence electrons. The molecule has 0 fully saturated rings. The number of nitrogens with one attached hydrogen (secondary N) is 1. The van der Waals surface area contributed by atoms with Gasteiger partial charge in [-0.1, -0.05) is 31.5 Å². The Balaban J connectivity index is 2.38. The van der Waals surface area contributed by atoms with Crippen molar-refractivity contribution in [2.45, 2.75) is 31.6 Å². The van der Waals surface area contributed by atoms with Gasteiger partial charge in [0.2, 0.25) is 0 Å². The number of sulfonamides is 1. The maximum absolute atomic E-state index is 12.8. The highest BCUT2D eigenvalue weighted by Gasteiger charge is 2.22. The predicted octanol–water partition coefficient (Wildman–Crippen LogP) is 3.67.